The third-order valence-electron chi connectivity index (χ3n) is 2.81. The molecule has 108 valence electrons. The minimum atomic E-state index is -4.67. The molecule has 0 saturated carbocycles. The van der Waals surface area contributed by atoms with E-state index in [9.17, 15) is 13.2 Å². The molecule has 0 heterocycles. The van der Waals surface area contributed by atoms with Gasteiger partial charge in [0.15, 0.2) is 0 Å². The van der Waals surface area contributed by atoms with Gasteiger partial charge < -0.3 is 10.5 Å². The topological polar surface area (TPSA) is 38.5 Å². The molecule has 0 aliphatic heterocycles. The number of likely N-dealkylation sites (N-methyl/N-ethyl adjacent to an activating group) is 1. The molecule has 1 rings (SSSR count). The van der Waals surface area contributed by atoms with Crippen molar-refractivity contribution >= 4 is 0 Å². The zero-order valence-electron chi connectivity index (χ0n) is 11.1. The molecule has 1 atom stereocenters. The molecule has 0 aromatic heterocycles. The van der Waals surface area contributed by atoms with Crippen LogP contribution in [0, 0.1) is 0 Å². The number of hydrogen-bond acceptors (Lipinski definition) is 3. The summed E-state index contributed by atoms with van der Waals surface area (Å²) in [7, 11) is 1.90. The lowest BCUT2D eigenvalue weighted by Gasteiger charge is -2.27. The predicted molar refractivity (Wildman–Crippen MR) is 67.8 cm³/mol. The number of rotatable bonds is 6. The largest absolute Gasteiger partial charge is 0.573 e. The first-order valence-corrected chi connectivity index (χ1v) is 6.13. The molecule has 0 saturated heterocycles. The highest BCUT2D eigenvalue weighted by Crippen LogP contribution is 2.27. The lowest BCUT2D eigenvalue weighted by atomic mass is 10.1. The summed E-state index contributed by atoms with van der Waals surface area (Å²) in [6.07, 6.45) is -3.72. The smallest absolute Gasteiger partial charge is 0.406 e. The van der Waals surface area contributed by atoms with Crippen LogP contribution in [-0.4, -0.2) is 31.4 Å². The predicted octanol–water partition coefficient (Wildman–Crippen LogP) is 2.93. The molecule has 0 aliphatic rings. The van der Waals surface area contributed by atoms with Crippen molar-refractivity contribution in [3.63, 3.8) is 0 Å². The third kappa shape index (κ3) is 5.08. The van der Waals surface area contributed by atoms with Crippen LogP contribution in [0.25, 0.3) is 0 Å². The Morgan fingerprint density at radius 1 is 1.37 bits per heavy atom. The van der Waals surface area contributed by atoms with E-state index in [2.05, 4.69) is 4.74 Å². The SMILES string of the molecule is CCCN(C)C(CN)c1cccc(OC(F)(F)F)c1. The zero-order chi connectivity index (χ0) is 14.5. The lowest BCUT2D eigenvalue weighted by Crippen LogP contribution is -2.31. The summed E-state index contributed by atoms with van der Waals surface area (Å²) >= 11 is 0. The molecule has 3 nitrogen and oxygen atoms in total. The second kappa shape index (κ2) is 6.77. The Morgan fingerprint density at radius 2 is 2.05 bits per heavy atom. The van der Waals surface area contributed by atoms with E-state index in [1.807, 2.05) is 18.9 Å². The van der Waals surface area contributed by atoms with Crippen LogP contribution in [0.15, 0.2) is 24.3 Å². The maximum atomic E-state index is 12.2. The average molecular weight is 276 g/mol. The second-order valence-corrected chi connectivity index (χ2v) is 4.35. The molecular weight excluding hydrogens is 257 g/mol. The molecule has 0 aliphatic carbocycles. The van der Waals surface area contributed by atoms with E-state index in [1.165, 1.54) is 12.1 Å². The van der Waals surface area contributed by atoms with Crippen LogP contribution in [0.5, 0.6) is 5.75 Å². The quantitative estimate of drug-likeness (QED) is 0.868. The summed E-state index contributed by atoms with van der Waals surface area (Å²) in [6, 6.07) is 5.85. The van der Waals surface area contributed by atoms with E-state index in [4.69, 9.17) is 5.73 Å². The minimum Gasteiger partial charge on any atom is -0.406 e. The molecule has 0 radical (unpaired) electrons. The molecule has 0 bridgehead atoms. The number of ether oxygens (including phenoxy) is 1. The maximum absolute atomic E-state index is 12.2. The molecule has 1 aromatic carbocycles. The Labute approximate surface area is 111 Å². The fourth-order valence-electron chi connectivity index (χ4n) is 2.00. The number of alkyl halides is 3. The van der Waals surface area contributed by atoms with Gasteiger partial charge in [0.2, 0.25) is 0 Å². The van der Waals surface area contributed by atoms with Crippen molar-refractivity contribution in [2.75, 3.05) is 20.1 Å². The minimum absolute atomic E-state index is 0.114. The number of nitrogens with zero attached hydrogens (tertiary/aromatic N) is 1. The summed E-state index contributed by atoms with van der Waals surface area (Å²) in [4.78, 5) is 2.02. The molecule has 0 spiro atoms. The summed E-state index contributed by atoms with van der Waals surface area (Å²) in [5.74, 6) is -0.214. The van der Waals surface area contributed by atoms with Gasteiger partial charge >= 0.3 is 6.36 Å². The van der Waals surface area contributed by atoms with Crippen molar-refractivity contribution in [2.45, 2.75) is 25.7 Å². The zero-order valence-corrected chi connectivity index (χ0v) is 11.1. The molecule has 19 heavy (non-hydrogen) atoms. The van der Waals surface area contributed by atoms with Gasteiger partial charge in [0.1, 0.15) is 5.75 Å². The van der Waals surface area contributed by atoms with Crippen molar-refractivity contribution in [2.24, 2.45) is 5.73 Å². The first-order valence-electron chi connectivity index (χ1n) is 6.13. The van der Waals surface area contributed by atoms with Crippen LogP contribution in [0.4, 0.5) is 13.2 Å². The van der Waals surface area contributed by atoms with E-state index in [0.717, 1.165) is 18.5 Å². The lowest BCUT2D eigenvalue weighted by molar-refractivity contribution is -0.274. The van der Waals surface area contributed by atoms with E-state index in [-0.39, 0.29) is 11.8 Å². The van der Waals surface area contributed by atoms with E-state index < -0.39 is 6.36 Å². The van der Waals surface area contributed by atoms with Crippen LogP contribution >= 0.6 is 0 Å². The molecule has 0 amide bonds. The maximum Gasteiger partial charge on any atom is 0.573 e. The van der Waals surface area contributed by atoms with E-state index in [0.29, 0.717) is 6.54 Å². The van der Waals surface area contributed by atoms with Crippen LogP contribution < -0.4 is 10.5 Å². The van der Waals surface area contributed by atoms with Gasteiger partial charge in [-0.15, -0.1) is 13.2 Å². The Bertz CT molecular complexity index is 396. The molecular formula is C13H19F3N2O. The summed E-state index contributed by atoms with van der Waals surface area (Å²) < 4.78 is 40.5. The van der Waals surface area contributed by atoms with Gasteiger partial charge in [0.05, 0.1) is 0 Å². The molecule has 1 aromatic rings. The molecule has 0 fully saturated rings. The van der Waals surface area contributed by atoms with Gasteiger partial charge in [-0.3, -0.25) is 4.90 Å². The van der Waals surface area contributed by atoms with Crippen molar-refractivity contribution in [3.8, 4) is 5.75 Å². The van der Waals surface area contributed by atoms with E-state index in [1.54, 1.807) is 12.1 Å². The normalized spacial score (nSPS) is 13.6. The van der Waals surface area contributed by atoms with Crippen LogP contribution in [-0.2, 0) is 0 Å². The van der Waals surface area contributed by atoms with Crippen LogP contribution in [0.1, 0.15) is 24.9 Å². The Hall–Kier alpha value is -1.27. The molecule has 1 unspecified atom stereocenters. The van der Waals surface area contributed by atoms with Gasteiger partial charge in [0, 0.05) is 12.6 Å². The number of halogens is 3. The summed E-state index contributed by atoms with van der Waals surface area (Å²) in [5.41, 5.74) is 6.43. The van der Waals surface area contributed by atoms with Gasteiger partial charge in [-0.25, -0.2) is 0 Å². The van der Waals surface area contributed by atoms with Crippen LogP contribution in [0.2, 0.25) is 0 Å². The Kier molecular flexibility index (Phi) is 5.62. The highest BCUT2D eigenvalue weighted by molar-refractivity contribution is 5.31. The standard InChI is InChI=1S/C13H19F3N2O/c1-3-7-18(2)12(9-17)10-5-4-6-11(8-10)19-13(14,15)16/h4-6,8,12H,3,7,9,17H2,1-2H3. The van der Waals surface area contributed by atoms with E-state index >= 15 is 0 Å². The number of nitrogens with two attached hydrogens (primary N) is 1. The van der Waals surface area contributed by atoms with Gasteiger partial charge in [-0.05, 0) is 37.7 Å². The highest BCUT2D eigenvalue weighted by atomic mass is 19.4. The van der Waals surface area contributed by atoms with Gasteiger partial charge in [-0.2, -0.15) is 0 Å². The monoisotopic (exact) mass is 276 g/mol. The number of hydrogen-bond donors (Lipinski definition) is 1. The molecule has 6 heteroatoms. The first-order chi connectivity index (χ1) is 8.87. The van der Waals surface area contributed by atoms with Crippen molar-refractivity contribution in [3.05, 3.63) is 29.8 Å². The van der Waals surface area contributed by atoms with Crippen molar-refractivity contribution < 1.29 is 17.9 Å². The number of benzene rings is 1. The van der Waals surface area contributed by atoms with Crippen molar-refractivity contribution in [1.82, 2.24) is 4.90 Å². The average Bonchev–Trinajstić information content (AvgIpc) is 2.28. The summed E-state index contributed by atoms with van der Waals surface area (Å²) in [6.45, 7) is 3.20. The second-order valence-electron chi connectivity index (χ2n) is 4.35. The third-order valence-corrected chi connectivity index (χ3v) is 2.81. The Morgan fingerprint density at radius 3 is 2.58 bits per heavy atom. The first kappa shape index (κ1) is 15.8. The van der Waals surface area contributed by atoms with Crippen LogP contribution in [0.3, 0.4) is 0 Å². The fraction of sp³-hybridized carbons (Fsp3) is 0.538. The van der Waals surface area contributed by atoms with Gasteiger partial charge in [-0.1, -0.05) is 19.1 Å². The van der Waals surface area contributed by atoms with Gasteiger partial charge in [0.25, 0.3) is 0 Å². The highest BCUT2D eigenvalue weighted by Gasteiger charge is 2.31. The fourth-order valence-corrected chi connectivity index (χ4v) is 2.00. The van der Waals surface area contributed by atoms with Crippen molar-refractivity contribution in [1.29, 1.82) is 0 Å². The molecule has 2 N–H and O–H groups in total. The Balaban J connectivity index is 2.90. The summed E-state index contributed by atoms with van der Waals surface area (Å²) in [5, 5.41) is 0.